The molecule has 7 heteroatoms. The van der Waals surface area contributed by atoms with Gasteiger partial charge in [0.15, 0.2) is 5.65 Å². The van der Waals surface area contributed by atoms with Gasteiger partial charge in [0.1, 0.15) is 12.1 Å². The molecular weight excluding hydrogens is 340 g/mol. The van der Waals surface area contributed by atoms with E-state index in [2.05, 4.69) is 25.0 Å². The molecule has 0 unspecified atom stereocenters. The summed E-state index contributed by atoms with van der Waals surface area (Å²) in [5.41, 5.74) is 1.82. The number of pyridine rings is 1. The zero-order chi connectivity index (χ0) is 18.2. The van der Waals surface area contributed by atoms with Gasteiger partial charge in [-0.05, 0) is 49.8 Å². The van der Waals surface area contributed by atoms with Crippen LogP contribution in [-0.4, -0.2) is 37.8 Å². The molecule has 1 saturated heterocycles. The number of rotatable bonds is 4. The van der Waals surface area contributed by atoms with E-state index in [0.717, 1.165) is 48.5 Å². The fraction of sp³-hybridized carbons (Fsp3) is 0.450. The molecule has 0 bridgehead atoms. The van der Waals surface area contributed by atoms with Crippen LogP contribution < -0.4 is 10.5 Å². The van der Waals surface area contributed by atoms with Crippen LogP contribution in [0.15, 0.2) is 41.6 Å². The molecule has 1 aliphatic heterocycles. The molecule has 0 amide bonds. The molecule has 5 rings (SSSR count). The quantitative estimate of drug-likeness (QED) is 0.709. The zero-order valence-electron chi connectivity index (χ0n) is 15.2. The van der Waals surface area contributed by atoms with E-state index in [0.29, 0.717) is 18.4 Å². The Bertz CT molecular complexity index is 1010. The van der Waals surface area contributed by atoms with Crippen molar-refractivity contribution in [3.63, 3.8) is 0 Å². The number of hydrogen-bond acceptors (Lipinski definition) is 6. The van der Waals surface area contributed by atoms with E-state index in [1.54, 1.807) is 23.3 Å². The van der Waals surface area contributed by atoms with Gasteiger partial charge >= 0.3 is 0 Å². The summed E-state index contributed by atoms with van der Waals surface area (Å²) in [6.45, 7) is 2.55. The lowest BCUT2D eigenvalue weighted by molar-refractivity contribution is 0.333. The Balaban J connectivity index is 1.29. The molecule has 0 aromatic carbocycles. The molecule has 27 heavy (non-hydrogen) atoms. The summed E-state index contributed by atoms with van der Waals surface area (Å²) in [6, 6.07) is 7.52. The van der Waals surface area contributed by atoms with E-state index in [4.69, 9.17) is 0 Å². The summed E-state index contributed by atoms with van der Waals surface area (Å²) in [5.74, 6) is 1.99. The zero-order valence-corrected chi connectivity index (χ0v) is 15.2. The molecule has 1 aliphatic carbocycles. The van der Waals surface area contributed by atoms with Gasteiger partial charge in [-0.2, -0.15) is 5.10 Å². The number of anilines is 1. The Labute approximate surface area is 157 Å². The van der Waals surface area contributed by atoms with E-state index in [1.807, 2.05) is 18.2 Å². The average molecular weight is 362 g/mol. The highest BCUT2D eigenvalue weighted by Gasteiger charge is 2.27. The molecule has 0 radical (unpaired) electrons. The van der Waals surface area contributed by atoms with Gasteiger partial charge in [-0.25, -0.2) is 19.6 Å². The minimum atomic E-state index is 0.00898. The Morgan fingerprint density at radius 3 is 2.67 bits per heavy atom. The van der Waals surface area contributed by atoms with Gasteiger partial charge in [0, 0.05) is 37.8 Å². The second-order valence-corrected chi connectivity index (χ2v) is 7.56. The van der Waals surface area contributed by atoms with Gasteiger partial charge in [-0.3, -0.25) is 4.79 Å². The van der Waals surface area contributed by atoms with Crippen molar-refractivity contribution in [2.75, 3.05) is 18.0 Å². The monoisotopic (exact) mass is 362 g/mol. The molecule has 3 aromatic heterocycles. The maximum atomic E-state index is 12.2. The lowest BCUT2D eigenvalue weighted by Gasteiger charge is -2.33. The van der Waals surface area contributed by atoms with Crippen LogP contribution in [0.25, 0.3) is 11.0 Å². The van der Waals surface area contributed by atoms with Crippen molar-refractivity contribution in [2.45, 2.75) is 38.1 Å². The molecule has 4 heterocycles. The fourth-order valence-corrected chi connectivity index (χ4v) is 3.90. The van der Waals surface area contributed by atoms with E-state index in [1.165, 1.54) is 12.8 Å². The maximum absolute atomic E-state index is 12.2. The van der Waals surface area contributed by atoms with Crippen LogP contribution in [0.5, 0.6) is 0 Å². The number of fused-ring (bicyclic) bond motifs is 1. The summed E-state index contributed by atoms with van der Waals surface area (Å²) in [5, 5.41) is 5.60. The molecule has 0 spiro atoms. The van der Waals surface area contributed by atoms with E-state index in [9.17, 15) is 4.79 Å². The standard InChI is InChI=1S/C20H22N6O/c27-18-6-5-17(15-3-4-15)24-26(18)12-14-7-10-25(11-8-14)20-16-2-1-9-21-19(16)22-13-23-20/h1-2,5-6,9,13-15H,3-4,7-8,10-12H2. The summed E-state index contributed by atoms with van der Waals surface area (Å²) in [4.78, 5) is 27.6. The Kier molecular flexibility index (Phi) is 4.07. The normalized spacial score (nSPS) is 18.1. The minimum Gasteiger partial charge on any atom is -0.356 e. The minimum absolute atomic E-state index is 0.00898. The van der Waals surface area contributed by atoms with Gasteiger partial charge in [-0.15, -0.1) is 0 Å². The first-order chi connectivity index (χ1) is 13.3. The predicted molar refractivity (Wildman–Crippen MR) is 103 cm³/mol. The largest absolute Gasteiger partial charge is 0.356 e. The summed E-state index contributed by atoms with van der Waals surface area (Å²) in [6.07, 6.45) is 7.78. The van der Waals surface area contributed by atoms with E-state index in [-0.39, 0.29) is 5.56 Å². The van der Waals surface area contributed by atoms with Crippen molar-refractivity contribution in [3.8, 4) is 0 Å². The van der Waals surface area contributed by atoms with Crippen molar-refractivity contribution in [2.24, 2.45) is 5.92 Å². The van der Waals surface area contributed by atoms with Gasteiger partial charge in [0.25, 0.3) is 5.56 Å². The molecule has 138 valence electrons. The smallest absolute Gasteiger partial charge is 0.266 e. The van der Waals surface area contributed by atoms with Gasteiger partial charge in [0.2, 0.25) is 0 Å². The van der Waals surface area contributed by atoms with Crippen LogP contribution in [0.3, 0.4) is 0 Å². The van der Waals surface area contributed by atoms with Gasteiger partial charge in [0.05, 0.1) is 11.1 Å². The Morgan fingerprint density at radius 1 is 1.00 bits per heavy atom. The van der Waals surface area contributed by atoms with E-state index >= 15 is 0 Å². The predicted octanol–water partition coefficient (Wildman–Crippen LogP) is 2.38. The molecule has 1 saturated carbocycles. The number of piperidine rings is 1. The molecule has 0 atom stereocenters. The highest BCUT2D eigenvalue weighted by Crippen LogP contribution is 2.38. The second kappa shape index (κ2) is 6.72. The SMILES string of the molecule is O=c1ccc(C2CC2)nn1CC1CCN(c2ncnc3ncccc23)CC1. The molecule has 3 aromatic rings. The number of aromatic nitrogens is 5. The summed E-state index contributed by atoms with van der Waals surface area (Å²) < 4.78 is 1.68. The van der Waals surface area contributed by atoms with Crippen LogP contribution in [0.1, 0.15) is 37.3 Å². The topological polar surface area (TPSA) is 76.8 Å². The van der Waals surface area contributed by atoms with Crippen molar-refractivity contribution >= 4 is 16.9 Å². The van der Waals surface area contributed by atoms with Crippen LogP contribution in [-0.2, 0) is 6.54 Å². The lowest BCUT2D eigenvalue weighted by Crippen LogP contribution is -2.37. The Hall–Kier alpha value is -2.83. The highest BCUT2D eigenvalue weighted by molar-refractivity contribution is 5.86. The third-order valence-electron chi connectivity index (χ3n) is 5.62. The highest BCUT2D eigenvalue weighted by atomic mass is 16.1. The molecular formula is C20H22N6O. The number of hydrogen-bond donors (Lipinski definition) is 0. The van der Waals surface area contributed by atoms with Crippen molar-refractivity contribution in [1.82, 2.24) is 24.7 Å². The first-order valence-corrected chi connectivity index (χ1v) is 9.66. The lowest BCUT2D eigenvalue weighted by atomic mass is 9.96. The molecule has 2 fully saturated rings. The van der Waals surface area contributed by atoms with E-state index < -0.39 is 0 Å². The van der Waals surface area contributed by atoms with Crippen molar-refractivity contribution in [1.29, 1.82) is 0 Å². The summed E-state index contributed by atoms with van der Waals surface area (Å²) in [7, 11) is 0. The van der Waals surface area contributed by atoms with Crippen LogP contribution in [0.4, 0.5) is 5.82 Å². The molecule has 7 nitrogen and oxygen atoms in total. The third kappa shape index (κ3) is 3.29. The maximum Gasteiger partial charge on any atom is 0.266 e. The fourth-order valence-electron chi connectivity index (χ4n) is 3.90. The molecule has 0 N–H and O–H groups in total. The van der Waals surface area contributed by atoms with Crippen molar-refractivity contribution < 1.29 is 0 Å². The van der Waals surface area contributed by atoms with Crippen molar-refractivity contribution in [3.05, 3.63) is 52.8 Å². The first kappa shape index (κ1) is 16.4. The van der Waals surface area contributed by atoms with Gasteiger partial charge < -0.3 is 4.90 Å². The second-order valence-electron chi connectivity index (χ2n) is 7.56. The van der Waals surface area contributed by atoms with Gasteiger partial charge in [-0.1, -0.05) is 0 Å². The Morgan fingerprint density at radius 2 is 1.85 bits per heavy atom. The molecule has 2 aliphatic rings. The summed E-state index contributed by atoms with van der Waals surface area (Å²) >= 11 is 0. The first-order valence-electron chi connectivity index (χ1n) is 9.66. The third-order valence-corrected chi connectivity index (χ3v) is 5.62. The average Bonchev–Trinajstić information content (AvgIpc) is 3.55. The number of nitrogens with zero attached hydrogens (tertiary/aromatic N) is 6. The van der Waals surface area contributed by atoms with Crippen LogP contribution in [0.2, 0.25) is 0 Å². The van der Waals surface area contributed by atoms with Crippen LogP contribution in [0, 0.1) is 5.92 Å². The van der Waals surface area contributed by atoms with Crippen LogP contribution >= 0.6 is 0 Å².